The fourth-order valence-corrected chi connectivity index (χ4v) is 10.6. The predicted octanol–water partition coefficient (Wildman–Crippen LogP) is 7.61. The first kappa shape index (κ1) is 33.2. The standard InChI is InChI=1S/C35H49F3O6/c1-21(6-5-7-29(39)40)25-12-13-26-31-27(14-15-33(25,26)3)32(2)16-17-34(42,22-8-10-23(11-9-22)35(36,37)38)19-24(32)18-28(31)44-30(41)20-43-4/h8-11,21,24-28,31,42H,5-7,12-20H2,1-4H3,(H,39,40)/t21-,24-,25-,26+,27+,28-,31+,32+,33-,34-/m1/s1. The van der Waals surface area contributed by atoms with Crippen LogP contribution in [0.3, 0.4) is 0 Å². The molecule has 0 spiro atoms. The number of fused-ring (bicyclic) bond motifs is 5. The summed E-state index contributed by atoms with van der Waals surface area (Å²) in [5, 5.41) is 21.0. The molecule has 2 N–H and O–H groups in total. The molecule has 44 heavy (non-hydrogen) atoms. The van der Waals surface area contributed by atoms with Gasteiger partial charge in [-0.15, -0.1) is 0 Å². The van der Waals surface area contributed by atoms with E-state index >= 15 is 0 Å². The minimum atomic E-state index is -4.44. The van der Waals surface area contributed by atoms with Crippen LogP contribution in [0.4, 0.5) is 13.2 Å². The number of aliphatic hydroxyl groups is 1. The van der Waals surface area contributed by atoms with Crippen LogP contribution in [0.2, 0.25) is 0 Å². The fraction of sp³-hybridized carbons (Fsp3) is 0.771. The number of carboxylic acids is 1. The SMILES string of the molecule is COCC(=O)O[C@@H]1C[C@@H]2C[C@@](O)(c3ccc(C(F)(F)F)cc3)CC[C@]2(C)[C@H]2CC[C@]3(C)[C@@H]([C@H](C)CCCC(=O)O)CC[C@H]3[C@H]12. The molecule has 4 fully saturated rings. The van der Waals surface area contributed by atoms with E-state index in [1.807, 2.05) is 0 Å². The summed E-state index contributed by atoms with van der Waals surface area (Å²) >= 11 is 0. The van der Waals surface area contributed by atoms with Gasteiger partial charge in [0.2, 0.25) is 0 Å². The van der Waals surface area contributed by atoms with Crippen LogP contribution < -0.4 is 0 Å². The zero-order valence-electron chi connectivity index (χ0n) is 26.5. The molecule has 10 atom stereocenters. The Labute approximate surface area is 259 Å². The Morgan fingerprint density at radius 2 is 1.70 bits per heavy atom. The molecule has 9 heteroatoms. The van der Waals surface area contributed by atoms with E-state index in [1.165, 1.54) is 19.2 Å². The van der Waals surface area contributed by atoms with Crippen LogP contribution >= 0.6 is 0 Å². The number of carboxylic acid groups (broad SMARTS) is 1. The summed E-state index contributed by atoms with van der Waals surface area (Å²) in [7, 11) is 1.47. The van der Waals surface area contributed by atoms with Crippen LogP contribution in [0.15, 0.2) is 24.3 Å². The monoisotopic (exact) mass is 622 g/mol. The lowest BCUT2D eigenvalue weighted by Crippen LogP contribution is -2.60. The van der Waals surface area contributed by atoms with Gasteiger partial charge in [0, 0.05) is 19.4 Å². The Morgan fingerprint density at radius 3 is 2.34 bits per heavy atom. The van der Waals surface area contributed by atoms with Gasteiger partial charge in [-0.05, 0) is 122 Å². The molecule has 0 aliphatic heterocycles. The van der Waals surface area contributed by atoms with Crippen LogP contribution in [0.5, 0.6) is 0 Å². The number of alkyl halides is 3. The first-order valence-corrected chi connectivity index (χ1v) is 16.4. The van der Waals surface area contributed by atoms with E-state index in [2.05, 4.69) is 20.8 Å². The second kappa shape index (κ2) is 12.2. The van der Waals surface area contributed by atoms with Crippen molar-refractivity contribution in [1.82, 2.24) is 0 Å². The predicted molar refractivity (Wildman–Crippen MR) is 158 cm³/mol. The minimum absolute atomic E-state index is 0.0432. The Bertz CT molecular complexity index is 1200. The van der Waals surface area contributed by atoms with Crippen LogP contribution in [0.1, 0.15) is 103 Å². The molecule has 1 aromatic carbocycles. The molecule has 246 valence electrons. The Morgan fingerprint density at radius 1 is 1.02 bits per heavy atom. The van der Waals surface area contributed by atoms with Gasteiger partial charge in [-0.2, -0.15) is 13.2 Å². The third-order valence-corrected chi connectivity index (χ3v) is 12.8. The van der Waals surface area contributed by atoms with Gasteiger partial charge in [-0.25, -0.2) is 4.79 Å². The number of hydrogen-bond donors (Lipinski definition) is 2. The number of rotatable bonds is 9. The highest BCUT2D eigenvalue weighted by atomic mass is 19.4. The van der Waals surface area contributed by atoms with Gasteiger partial charge in [0.25, 0.3) is 0 Å². The smallest absolute Gasteiger partial charge is 0.416 e. The highest BCUT2D eigenvalue weighted by Gasteiger charge is 2.64. The number of aliphatic carboxylic acids is 1. The van der Waals surface area contributed by atoms with Gasteiger partial charge in [-0.3, -0.25) is 4.79 Å². The van der Waals surface area contributed by atoms with E-state index in [4.69, 9.17) is 14.6 Å². The Balaban J connectivity index is 1.41. The highest BCUT2D eigenvalue weighted by molar-refractivity contribution is 5.71. The molecule has 0 saturated heterocycles. The second-order valence-electron chi connectivity index (χ2n) is 15.0. The molecular weight excluding hydrogens is 573 g/mol. The van der Waals surface area contributed by atoms with Crippen molar-refractivity contribution in [2.45, 2.75) is 109 Å². The zero-order chi connectivity index (χ0) is 32.1. The van der Waals surface area contributed by atoms with Crippen LogP contribution in [0, 0.1) is 46.3 Å². The molecule has 1 aromatic rings. The number of carbonyl (C=O) groups excluding carboxylic acids is 1. The summed E-state index contributed by atoms with van der Waals surface area (Å²) in [4.78, 5) is 24.0. The third-order valence-electron chi connectivity index (χ3n) is 12.8. The molecular formula is C35H49F3O6. The summed E-state index contributed by atoms with van der Waals surface area (Å²) in [6.45, 7) is 6.88. The summed E-state index contributed by atoms with van der Waals surface area (Å²) in [6, 6.07) is 4.92. The van der Waals surface area contributed by atoms with Crippen molar-refractivity contribution in [2.75, 3.05) is 13.7 Å². The lowest BCUT2D eigenvalue weighted by Gasteiger charge is -2.63. The molecule has 0 amide bonds. The molecule has 0 heterocycles. The van der Waals surface area contributed by atoms with Gasteiger partial charge >= 0.3 is 18.1 Å². The highest BCUT2D eigenvalue weighted by Crippen LogP contribution is 2.69. The zero-order valence-corrected chi connectivity index (χ0v) is 26.5. The van der Waals surface area contributed by atoms with Gasteiger partial charge in [-0.1, -0.05) is 32.9 Å². The summed E-state index contributed by atoms with van der Waals surface area (Å²) in [5.74, 6) is 0.662. The van der Waals surface area contributed by atoms with E-state index < -0.39 is 29.3 Å². The molecule has 5 rings (SSSR count). The normalized spacial score (nSPS) is 39.1. The van der Waals surface area contributed by atoms with E-state index in [0.717, 1.165) is 50.7 Å². The molecule has 0 aromatic heterocycles. The first-order chi connectivity index (χ1) is 20.6. The minimum Gasteiger partial charge on any atom is -0.481 e. The third kappa shape index (κ3) is 6.04. The van der Waals surface area contributed by atoms with E-state index in [9.17, 15) is 27.9 Å². The summed E-state index contributed by atoms with van der Waals surface area (Å²) in [6.07, 6.45) is 3.49. The molecule has 0 radical (unpaired) electrons. The maximum absolute atomic E-state index is 13.2. The number of methoxy groups -OCH3 is 1. The lowest BCUT2D eigenvalue weighted by atomic mass is 9.42. The maximum atomic E-state index is 13.2. The summed E-state index contributed by atoms with van der Waals surface area (Å²) < 4.78 is 51.0. The Hall–Kier alpha value is -2.13. The number of benzene rings is 1. The maximum Gasteiger partial charge on any atom is 0.416 e. The van der Waals surface area contributed by atoms with Gasteiger partial charge in [0.05, 0.1) is 11.2 Å². The number of halogens is 3. The average molecular weight is 623 g/mol. The molecule has 0 bridgehead atoms. The van der Waals surface area contributed by atoms with Crippen molar-refractivity contribution >= 4 is 11.9 Å². The van der Waals surface area contributed by atoms with Crippen molar-refractivity contribution in [1.29, 1.82) is 0 Å². The second-order valence-corrected chi connectivity index (χ2v) is 15.0. The molecule has 4 aliphatic carbocycles. The van der Waals surface area contributed by atoms with Crippen molar-refractivity contribution in [3.63, 3.8) is 0 Å². The van der Waals surface area contributed by atoms with Crippen molar-refractivity contribution in [3.8, 4) is 0 Å². The van der Waals surface area contributed by atoms with E-state index in [1.54, 1.807) is 0 Å². The van der Waals surface area contributed by atoms with E-state index in [-0.39, 0.29) is 41.8 Å². The molecule has 4 aliphatic rings. The quantitative estimate of drug-likeness (QED) is 0.276. The van der Waals surface area contributed by atoms with Gasteiger partial charge in [0.1, 0.15) is 12.7 Å². The summed E-state index contributed by atoms with van der Waals surface area (Å²) in [5.41, 5.74) is -1.47. The van der Waals surface area contributed by atoms with Crippen LogP contribution in [-0.2, 0) is 30.8 Å². The van der Waals surface area contributed by atoms with Crippen LogP contribution in [-0.4, -0.2) is 42.0 Å². The largest absolute Gasteiger partial charge is 0.481 e. The number of hydrogen-bond acceptors (Lipinski definition) is 5. The molecule has 4 saturated carbocycles. The number of ether oxygens (including phenoxy) is 2. The van der Waals surface area contributed by atoms with Crippen molar-refractivity contribution in [3.05, 3.63) is 35.4 Å². The van der Waals surface area contributed by atoms with Crippen LogP contribution in [0.25, 0.3) is 0 Å². The Kier molecular flexibility index (Phi) is 9.24. The average Bonchev–Trinajstić information content (AvgIpc) is 3.30. The fourth-order valence-electron chi connectivity index (χ4n) is 10.6. The first-order valence-electron chi connectivity index (χ1n) is 16.4. The topological polar surface area (TPSA) is 93.1 Å². The number of esters is 1. The molecule has 0 unspecified atom stereocenters. The van der Waals surface area contributed by atoms with Gasteiger partial charge in [0.15, 0.2) is 0 Å². The molecule has 6 nitrogen and oxygen atoms in total. The van der Waals surface area contributed by atoms with E-state index in [0.29, 0.717) is 54.9 Å². The van der Waals surface area contributed by atoms with Gasteiger partial charge < -0.3 is 19.7 Å². The number of carbonyl (C=O) groups is 2. The lowest BCUT2D eigenvalue weighted by molar-refractivity contribution is -0.207. The van der Waals surface area contributed by atoms with Crippen molar-refractivity contribution in [2.24, 2.45) is 46.3 Å². The van der Waals surface area contributed by atoms with Crippen molar-refractivity contribution < 1.29 is 42.4 Å².